The summed E-state index contributed by atoms with van der Waals surface area (Å²) < 4.78 is 13.1. The largest absolute Gasteiger partial charge is 0.347 e. The third kappa shape index (κ3) is 26.8. The van der Waals surface area contributed by atoms with Gasteiger partial charge in [-0.25, -0.2) is 0 Å². The van der Waals surface area contributed by atoms with Crippen molar-refractivity contribution in [1.82, 2.24) is 4.90 Å². The summed E-state index contributed by atoms with van der Waals surface area (Å²) in [6.07, 6.45) is 50.8. The molecule has 1 saturated heterocycles. The van der Waals surface area contributed by atoms with E-state index in [4.69, 9.17) is 9.47 Å². The van der Waals surface area contributed by atoms with E-state index in [2.05, 4.69) is 69.3 Å². The van der Waals surface area contributed by atoms with E-state index >= 15 is 0 Å². The van der Waals surface area contributed by atoms with Crippen molar-refractivity contribution in [2.75, 3.05) is 27.2 Å². The van der Waals surface area contributed by atoms with Gasteiger partial charge in [0, 0.05) is 19.4 Å². The van der Waals surface area contributed by atoms with Crippen LogP contribution in [-0.2, 0) is 9.47 Å². The van der Waals surface area contributed by atoms with Crippen LogP contribution in [0.2, 0.25) is 0 Å². The van der Waals surface area contributed by atoms with Crippen molar-refractivity contribution in [2.45, 2.75) is 206 Å². The first kappa shape index (κ1) is 42.1. The number of nitrogens with zero attached hydrogens (tertiary/aromatic N) is 1. The van der Waals surface area contributed by atoms with Crippen LogP contribution in [0.5, 0.6) is 0 Å². The van der Waals surface area contributed by atoms with E-state index in [0.29, 0.717) is 0 Å². The molecule has 1 fully saturated rings. The smallest absolute Gasteiger partial charge is 0.168 e. The third-order valence-electron chi connectivity index (χ3n) is 9.42. The number of allylic oxidation sites excluding steroid dienone is 6. The minimum atomic E-state index is -0.313. The van der Waals surface area contributed by atoms with Crippen molar-refractivity contribution in [3.8, 4) is 0 Å². The molecule has 1 aliphatic heterocycles. The molecule has 0 aromatic rings. The average molecular weight is 630 g/mol. The molecule has 264 valence electrons. The highest BCUT2D eigenvalue weighted by molar-refractivity contribution is 5.02. The predicted octanol–water partition coefficient (Wildman–Crippen LogP) is 13.3. The molecule has 0 aromatic heterocycles. The molecular formula is C42H79NO2. The van der Waals surface area contributed by atoms with Gasteiger partial charge in [0.2, 0.25) is 0 Å². The molecule has 0 aromatic carbocycles. The van der Waals surface area contributed by atoms with E-state index in [9.17, 15) is 0 Å². The SMILES string of the molecule is CCCCC/C=C/C=C\CCCCCCCCC1(CCCCCCCC/C=C\CCCCCCCC)OCC(CCN(C)C)O1. The fraction of sp³-hybridized carbons (Fsp3) is 0.857. The zero-order chi connectivity index (χ0) is 32.5. The lowest BCUT2D eigenvalue weighted by Gasteiger charge is -2.29. The zero-order valence-corrected chi connectivity index (χ0v) is 31.0. The van der Waals surface area contributed by atoms with Crippen LogP contribution < -0.4 is 0 Å². The second kappa shape index (κ2) is 31.7. The van der Waals surface area contributed by atoms with Crippen LogP contribution in [0.3, 0.4) is 0 Å². The van der Waals surface area contributed by atoms with Gasteiger partial charge in [-0.3, -0.25) is 0 Å². The van der Waals surface area contributed by atoms with Gasteiger partial charge in [0.25, 0.3) is 0 Å². The topological polar surface area (TPSA) is 21.7 Å². The maximum atomic E-state index is 6.67. The Morgan fingerprint density at radius 3 is 1.42 bits per heavy atom. The van der Waals surface area contributed by atoms with E-state index in [-0.39, 0.29) is 11.9 Å². The summed E-state index contributed by atoms with van der Waals surface area (Å²) in [6.45, 7) is 6.41. The highest BCUT2D eigenvalue weighted by Gasteiger charge is 2.40. The van der Waals surface area contributed by atoms with E-state index in [0.717, 1.165) is 32.4 Å². The Hall–Kier alpha value is -0.900. The van der Waals surface area contributed by atoms with Crippen molar-refractivity contribution < 1.29 is 9.47 Å². The van der Waals surface area contributed by atoms with Crippen LogP contribution in [0.15, 0.2) is 36.5 Å². The number of hydrogen-bond acceptors (Lipinski definition) is 3. The Labute approximate surface area is 283 Å². The Bertz CT molecular complexity index is 699. The molecule has 0 radical (unpaired) electrons. The van der Waals surface area contributed by atoms with Gasteiger partial charge in [-0.15, -0.1) is 0 Å². The summed E-state index contributed by atoms with van der Waals surface area (Å²) in [7, 11) is 4.30. The molecule has 0 saturated carbocycles. The highest BCUT2D eigenvalue weighted by Crippen LogP contribution is 2.35. The van der Waals surface area contributed by atoms with Crippen molar-refractivity contribution >= 4 is 0 Å². The molecule has 45 heavy (non-hydrogen) atoms. The predicted molar refractivity (Wildman–Crippen MR) is 200 cm³/mol. The lowest BCUT2D eigenvalue weighted by Crippen LogP contribution is -2.31. The summed E-state index contributed by atoms with van der Waals surface area (Å²) in [5.41, 5.74) is 0. The second-order valence-corrected chi connectivity index (χ2v) is 14.3. The normalized spacial score (nSPS) is 19.0. The number of unbranched alkanes of at least 4 members (excludes halogenated alkanes) is 21. The number of hydrogen-bond donors (Lipinski definition) is 0. The second-order valence-electron chi connectivity index (χ2n) is 14.3. The quantitative estimate of drug-likeness (QED) is 0.0409. The molecule has 2 unspecified atom stereocenters. The summed E-state index contributed by atoms with van der Waals surface area (Å²) in [5, 5.41) is 0. The highest BCUT2D eigenvalue weighted by atomic mass is 16.7. The first-order valence-corrected chi connectivity index (χ1v) is 20.0. The van der Waals surface area contributed by atoms with Crippen molar-refractivity contribution in [3.05, 3.63) is 36.5 Å². The summed E-state index contributed by atoms with van der Waals surface area (Å²) in [4.78, 5) is 2.26. The maximum Gasteiger partial charge on any atom is 0.168 e. The molecule has 0 aliphatic carbocycles. The molecule has 1 aliphatic rings. The molecule has 2 atom stereocenters. The van der Waals surface area contributed by atoms with Gasteiger partial charge in [0.1, 0.15) is 0 Å². The first-order chi connectivity index (χ1) is 22.1. The molecule has 1 rings (SSSR count). The molecule has 3 heteroatoms. The molecular weight excluding hydrogens is 550 g/mol. The lowest BCUT2D eigenvalue weighted by molar-refractivity contribution is -0.180. The molecule has 1 heterocycles. The average Bonchev–Trinajstić information content (AvgIpc) is 3.44. The van der Waals surface area contributed by atoms with Gasteiger partial charge in [-0.1, -0.05) is 147 Å². The van der Waals surface area contributed by atoms with Crippen molar-refractivity contribution in [1.29, 1.82) is 0 Å². The van der Waals surface area contributed by atoms with Gasteiger partial charge >= 0.3 is 0 Å². The molecule has 0 spiro atoms. The van der Waals surface area contributed by atoms with Crippen LogP contribution in [0.25, 0.3) is 0 Å². The van der Waals surface area contributed by atoms with Crippen LogP contribution >= 0.6 is 0 Å². The summed E-state index contributed by atoms with van der Waals surface area (Å²) >= 11 is 0. The van der Waals surface area contributed by atoms with Crippen LogP contribution in [-0.4, -0.2) is 44.0 Å². The van der Waals surface area contributed by atoms with Crippen LogP contribution in [0, 0.1) is 0 Å². The molecule has 0 bridgehead atoms. The van der Waals surface area contributed by atoms with E-state index in [1.165, 1.54) is 161 Å². The van der Waals surface area contributed by atoms with E-state index in [1.54, 1.807) is 0 Å². The van der Waals surface area contributed by atoms with Gasteiger partial charge in [-0.05, 0) is 84.7 Å². The first-order valence-electron chi connectivity index (χ1n) is 20.0. The minimum Gasteiger partial charge on any atom is -0.347 e. The van der Waals surface area contributed by atoms with Crippen molar-refractivity contribution in [2.24, 2.45) is 0 Å². The Kier molecular flexibility index (Phi) is 29.7. The summed E-state index contributed by atoms with van der Waals surface area (Å²) in [6, 6.07) is 0. The van der Waals surface area contributed by atoms with Gasteiger partial charge < -0.3 is 14.4 Å². The van der Waals surface area contributed by atoms with Gasteiger partial charge in [0.05, 0.1) is 12.7 Å². The Morgan fingerprint density at radius 2 is 0.933 bits per heavy atom. The van der Waals surface area contributed by atoms with Crippen molar-refractivity contribution in [3.63, 3.8) is 0 Å². The molecule has 0 N–H and O–H groups in total. The van der Waals surface area contributed by atoms with Gasteiger partial charge in [-0.2, -0.15) is 0 Å². The standard InChI is InChI=1S/C42H79NO2/c1-5-7-9-11-13-15-17-19-21-23-25-27-29-31-33-35-38-42(44-40-41(45-42)36-39-43(3)4)37-34-32-30-28-26-24-22-20-18-16-14-12-10-8-6-2/h14,16,18-21,41H,5-13,15,17,22-40H2,1-4H3/b16-14+,20-18-,21-19-. The lowest BCUT2D eigenvalue weighted by atomic mass is 9.98. The van der Waals surface area contributed by atoms with E-state index in [1.807, 2.05) is 0 Å². The number of ether oxygens (including phenoxy) is 2. The Morgan fingerprint density at radius 1 is 0.533 bits per heavy atom. The van der Waals surface area contributed by atoms with Gasteiger partial charge in [0.15, 0.2) is 5.79 Å². The van der Waals surface area contributed by atoms with E-state index < -0.39 is 0 Å². The fourth-order valence-corrected chi connectivity index (χ4v) is 6.42. The molecule has 0 amide bonds. The van der Waals surface area contributed by atoms with Crippen LogP contribution in [0.1, 0.15) is 194 Å². The third-order valence-corrected chi connectivity index (χ3v) is 9.42. The fourth-order valence-electron chi connectivity index (χ4n) is 6.42. The summed E-state index contributed by atoms with van der Waals surface area (Å²) in [5.74, 6) is -0.313. The monoisotopic (exact) mass is 630 g/mol. The Balaban J connectivity index is 2.15. The zero-order valence-electron chi connectivity index (χ0n) is 31.0. The maximum absolute atomic E-state index is 6.67. The minimum absolute atomic E-state index is 0.265. The number of rotatable bonds is 33. The van der Waals surface area contributed by atoms with Crippen LogP contribution in [0.4, 0.5) is 0 Å². The molecule has 3 nitrogen and oxygen atoms in total.